The molecule has 2 rings (SSSR count). The minimum absolute atomic E-state index is 0. The summed E-state index contributed by atoms with van der Waals surface area (Å²) in [6.45, 7) is 11.5. The minimum atomic E-state index is -3.48. The molecule has 0 spiro atoms. The maximum absolute atomic E-state index is 12.9. The molecule has 0 amide bonds. The summed E-state index contributed by atoms with van der Waals surface area (Å²) >= 11 is 0. The van der Waals surface area contributed by atoms with Gasteiger partial charge in [0.1, 0.15) is 0 Å². The second kappa shape index (κ2) is 7.30. The Morgan fingerprint density at radius 3 is 2.18 bits per heavy atom. The molecule has 126 valence electrons. The van der Waals surface area contributed by atoms with Gasteiger partial charge in [0.25, 0.3) is 0 Å². The zero-order valence-electron chi connectivity index (χ0n) is 14.0. The highest BCUT2D eigenvalue weighted by Gasteiger charge is 2.29. The third-order valence-electron chi connectivity index (χ3n) is 4.66. The molecule has 1 aliphatic heterocycles. The normalized spacial score (nSPS) is 22.2. The molecule has 6 heteroatoms. The van der Waals surface area contributed by atoms with Crippen LogP contribution in [0.2, 0.25) is 0 Å². The van der Waals surface area contributed by atoms with Gasteiger partial charge in [-0.05, 0) is 75.4 Å². The maximum Gasteiger partial charge on any atom is 0.241 e. The summed E-state index contributed by atoms with van der Waals surface area (Å²) in [5.41, 5.74) is 3.76. The first-order chi connectivity index (χ1) is 9.74. The van der Waals surface area contributed by atoms with E-state index >= 15 is 0 Å². The van der Waals surface area contributed by atoms with Gasteiger partial charge in [-0.3, -0.25) is 0 Å². The summed E-state index contributed by atoms with van der Waals surface area (Å²) in [7, 11) is -3.48. The van der Waals surface area contributed by atoms with Crippen LogP contribution < -0.4 is 10.0 Å². The fourth-order valence-corrected chi connectivity index (χ4v) is 5.03. The second-order valence-corrected chi connectivity index (χ2v) is 7.94. The van der Waals surface area contributed by atoms with Crippen LogP contribution in [0, 0.1) is 33.6 Å². The summed E-state index contributed by atoms with van der Waals surface area (Å²) in [6.07, 6.45) is 0.837. The lowest BCUT2D eigenvalue weighted by Crippen LogP contribution is -2.48. The average Bonchev–Trinajstić information content (AvgIpc) is 2.39. The summed E-state index contributed by atoms with van der Waals surface area (Å²) in [4.78, 5) is 0.464. The van der Waals surface area contributed by atoms with E-state index in [0.717, 1.165) is 41.8 Å². The van der Waals surface area contributed by atoms with Gasteiger partial charge >= 0.3 is 0 Å². The Labute approximate surface area is 140 Å². The van der Waals surface area contributed by atoms with Gasteiger partial charge in [0.15, 0.2) is 0 Å². The molecule has 22 heavy (non-hydrogen) atoms. The minimum Gasteiger partial charge on any atom is -0.316 e. The van der Waals surface area contributed by atoms with Crippen LogP contribution in [0.4, 0.5) is 0 Å². The number of sulfonamides is 1. The highest BCUT2D eigenvalue weighted by Crippen LogP contribution is 2.27. The lowest BCUT2D eigenvalue weighted by Gasteiger charge is -2.30. The van der Waals surface area contributed by atoms with Gasteiger partial charge in [0.2, 0.25) is 10.0 Å². The van der Waals surface area contributed by atoms with Crippen LogP contribution in [-0.4, -0.2) is 27.5 Å². The predicted octanol–water partition coefficient (Wildman–Crippen LogP) is 2.62. The highest BCUT2D eigenvalue weighted by atomic mass is 35.5. The van der Waals surface area contributed by atoms with Crippen LogP contribution >= 0.6 is 12.4 Å². The van der Waals surface area contributed by atoms with Crippen LogP contribution in [0.5, 0.6) is 0 Å². The van der Waals surface area contributed by atoms with Crippen LogP contribution in [0.3, 0.4) is 0 Å². The molecule has 1 aromatic carbocycles. The van der Waals surface area contributed by atoms with E-state index in [-0.39, 0.29) is 18.4 Å². The van der Waals surface area contributed by atoms with Crippen LogP contribution in [0.1, 0.15) is 35.6 Å². The molecule has 1 fully saturated rings. The van der Waals surface area contributed by atoms with Crippen molar-refractivity contribution in [3.8, 4) is 0 Å². The standard InChI is InChI=1S/C16H26N2O2S.ClH/c1-10-8-11(2)14(5)16(13(10)4)21(19,20)18-15-6-7-17-9-12(15)3;/h8,12,15,17-18H,6-7,9H2,1-5H3;1H. The maximum atomic E-state index is 12.9. The van der Waals surface area contributed by atoms with Gasteiger partial charge in [-0.1, -0.05) is 13.0 Å². The Hall–Kier alpha value is -0.620. The van der Waals surface area contributed by atoms with Crippen LogP contribution in [0.15, 0.2) is 11.0 Å². The predicted molar refractivity (Wildman–Crippen MR) is 93.4 cm³/mol. The molecule has 1 saturated heterocycles. The van der Waals surface area contributed by atoms with Gasteiger partial charge in [-0.2, -0.15) is 0 Å². The summed E-state index contributed by atoms with van der Waals surface area (Å²) in [5.74, 6) is 0.306. The van der Waals surface area contributed by atoms with Crippen molar-refractivity contribution in [1.29, 1.82) is 0 Å². The molecule has 0 bridgehead atoms. The van der Waals surface area contributed by atoms with E-state index in [4.69, 9.17) is 0 Å². The van der Waals surface area contributed by atoms with E-state index in [1.54, 1.807) is 0 Å². The van der Waals surface area contributed by atoms with Crippen molar-refractivity contribution < 1.29 is 8.42 Å². The summed E-state index contributed by atoms with van der Waals surface area (Å²) in [5, 5.41) is 3.30. The zero-order valence-corrected chi connectivity index (χ0v) is 15.6. The van der Waals surface area contributed by atoms with Crippen molar-refractivity contribution in [1.82, 2.24) is 10.0 Å². The lowest BCUT2D eigenvalue weighted by atomic mass is 9.97. The Balaban J connectivity index is 0.00000242. The van der Waals surface area contributed by atoms with Gasteiger partial charge < -0.3 is 5.32 Å². The number of piperidine rings is 1. The van der Waals surface area contributed by atoms with Gasteiger partial charge in [-0.15, -0.1) is 12.4 Å². The van der Waals surface area contributed by atoms with E-state index in [9.17, 15) is 8.42 Å². The lowest BCUT2D eigenvalue weighted by molar-refractivity contribution is 0.328. The average molecular weight is 347 g/mol. The number of hydrogen-bond acceptors (Lipinski definition) is 3. The van der Waals surface area contributed by atoms with Gasteiger partial charge in [0, 0.05) is 6.04 Å². The Morgan fingerprint density at radius 2 is 1.68 bits per heavy atom. The molecule has 0 radical (unpaired) electrons. The first-order valence-electron chi connectivity index (χ1n) is 7.54. The van der Waals surface area contributed by atoms with Crippen molar-refractivity contribution in [2.24, 2.45) is 5.92 Å². The molecule has 1 aromatic rings. The second-order valence-electron chi connectivity index (χ2n) is 6.29. The largest absolute Gasteiger partial charge is 0.316 e. The molecular formula is C16H27ClN2O2S. The van der Waals surface area contributed by atoms with E-state index in [0.29, 0.717) is 10.8 Å². The number of aryl methyl sites for hydroxylation is 2. The molecule has 0 aromatic heterocycles. The Kier molecular flexibility index (Phi) is 6.45. The van der Waals surface area contributed by atoms with Crippen molar-refractivity contribution in [2.45, 2.75) is 52.0 Å². The Bertz CT molecular complexity index is 618. The molecule has 2 N–H and O–H groups in total. The van der Waals surface area contributed by atoms with Crippen molar-refractivity contribution in [3.63, 3.8) is 0 Å². The van der Waals surface area contributed by atoms with E-state index in [1.807, 2.05) is 27.7 Å². The van der Waals surface area contributed by atoms with E-state index in [1.165, 1.54) is 0 Å². The van der Waals surface area contributed by atoms with E-state index in [2.05, 4.69) is 23.0 Å². The smallest absolute Gasteiger partial charge is 0.241 e. The number of benzene rings is 1. The summed E-state index contributed by atoms with van der Waals surface area (Å²) in [6, 6.07) is 2.06. The quantitative estimate of drug-likeness (QED) is 0.884. The molecule has 1 aliphatic rings. The van der Waals surface area contributed by atoms with Crippen molar-refractivity contribution >= 4 is 22.4 Å². The third kappa shape index (κ3) is 3.82. The number of rotatable bonds is 3. The highest BCUT2D eigenvalue weighted by molar-refractivity contribution is 7.89. The van der Waals surface area contributed by atoms with Crippen molar-refractivity contribution in [3.05, 3.63) is 28.3 Å². The molecule has 2 unspecified atom stereocenters. The topological polar surface area (TPSA) is 58.2 Å². The first-order valence-corrected chi connectivity index (χ1v) is 9.03. The monoisotopic (exact) mass is 346 g/mol. The number of hydrogen-bond donors (Lipinski definition) is 2. The van der Waals surface area contributed by atoms with E-state index < -0.39 is 10.0 Å². The number of nitrogens with one attached hydrogen (secondary N) is 2. The SMILES string of the molecule is Cc1cc(C)c(C)c(S(=O)(=O)NC2CCNCC2C)c1C.Cl. The van der Waals surface area contributed by atoms with Crippen LogP contribution in [-0.2, 0) is 10.0 Å². The van der Waals surface area contributed by atoms with Crippen LogP contribution in [0.25, 0.3) is 0 Å². The molecule has 0 saturated carbocycles. The Morgan fingerprint density at radius 1 is 1.14 bits per heavy atom. The van der Waals surface area contributed by atoms with Gasteiger partial charge in [-0.25, -0.2) is 13.1 Å². The molecular weight excluding hydrogens is 320 g/mol. The first kappa shape index (κ1) is 19.4. The molecule has 1 heterocycles. The summed E-state index contributed by atoms with van der Waals surface area (Å²) < 4.78 is 28.7. The fourth-order valence-electron chi connectivity index (χ4n) is 3.03. The van der Waals surface area contributed by atoms with Gasteiger partial charge in [0.05, 0.1) is 4.90 Å². The van der Waals surface area contributed by atoms with Crippen molar-refractivity contribution in [2.75, 3.05) is 13.1 Å². The third-order valence-corrected chi connectivity index (χ3v) is 6.42. The molecule has 0 aliphatic carbocycles. The molecule has 2 atom stereocenters. The zero-order chi connectivity index (χ0) is 15.8. The number of halogens is 1. The molecule has 4 nitrogen and oxygen atoms in total. The fraction of sp³-hybridized carbons (Fsp3) is 0.625.